The number of amidine groups is 1. The molecule has 0 bridgehead atoms. The number of hydrazine groups is 1. The average molecular weight is 286 g/mol. The normalized spacial score (nSPS) is 14.3. The molecular formula is C15H20N5O+. The molecule has 0 saturated heterocycles. The molecule has 1 aromatic carbocycles. The molecule has 0 saturated carbocycles. The highest BCUT2D eigenvalue weighted by atomic mass is 16.2. The third kappa shape index (κ3) is 2.61. The van der Waals surface area contributed by atoms with E-state index in [4.69, 9.17) is 0 Å². The van der Waals surface area contributed by atoms with Crippen molar-refractivity contribution in [1.29, 1.82) is 0 Å². The van der Waals surface area contributed by atoms with Crippen molar-refractivity contribution < 1.29 is 9.36 Å². The van der Waals surface area contributed by atoms with E-state index in [2.05, 4.69) is 32.3 Å². The fourth-order valence-electron chi connectivity index (χ4n) is 2.71. The molecule has 0 radical (unpaired) electrons. The maximum Gasteiger partial charge on any atom is 0.269 e. The van der Waals surface area contributed by atoms with Gasteiger partial charge in [0.2, 0.25) is 0 Å². The number of aromatic amines is 1. The number of nitrogens with one attached hydrogen (secondary N) is 3. The van der Waals surface area contributed by atoms with Crippen molar-refractivity contribution in [2.75, 3.05) is 6.54 Å². The van der Waals surface area contributed by atoms with Gasteiger partial charge in [-0.3, -0.25) is 20.6 Å². The van der Waals surface area contributed by atoms with E-state index in [0.29, 0.717) is 5.56 Å². The van der Waals surface area contributed by atoms with E-state index >= 15 is 0 Å². The molecule has 6 nitrogen and oxygen atoms in total. The number of nitrogens with zero attached hydrogens (tertiary/aromatic N) is 2. The molecular weight excluding hydrogens is 266 g/mol. The van der Waals surface area contributed by atoms with Crippen molar-refractivity contribution in [3.63, 3.8) is 0 Å². The zero-order valence-corrected chi connectivity index (χ0v) is 12.4. The number of H-pyrrole nitrogens is 1. The number of rotatable bonds is 2. The highest BCUT2D eigenvalue weighted by Crippen LogP contribution is 2.12. The van der Waals surface area contributed by atoms with E-state index in [0.717, 1.165) is 48.6 Å². The fraction of sp³-hybridized carbons (Fsp3) is 0.400. The molecule has 110 valence electrons. The van der Waals surface area contributed by atoms with Crippen LogP contribution in [0.5, 0.6) is 0 Å². The summed E-state index contributed by atoms with van der Waals surface area (Å²) in [5, 5.41) is 0. The van der Waals surface area contributed by atoms with Crippen molar-refractivity contribution in [2.24, 2.45) is 4.99 Å². The first-order valence-electron chi connectivity index (χ1n) is 7.31. The van der Waals surface area contributed by atoms with Crippen LogP contribution in [0.3, 0.4) is 0 Å². The van der Waals surface area contributed by atoms with Crippen LogP contribution in [-0.2, 0) is 6.54 Å². The van der Waals surface area contributed by atoms with Crippen molar-refractivity contribution in [3.8, 4) is 0 Å². The van der Waals surface area contributed by atoms with Crippen molar-refractivity contribution >= 4 is 22.8 Å². The van der Waals surface area contributed by atoms with Gasteiger partial charge in [-0.05, 0) is 25.5 Å². The van der Waals surface area contributed by atoms with Crippen LogP contribution in [-0.4, -0.2) is 23.3 Å². The van der Waals surface area contributed by atoms with E-state index in [-0.39, 0.29) is 5.91 Å². The fourth-order valence-corrected chi connectivity index (χ4v) is 2.71. The Morgan fingerprint density at radius 3 is 3.05 bits per heavy atom. The summed E-state index contributed by atoms with van der Waals surface area (Å²) >= 11 is 0. The minimum Gasteiger partial charge on any atom is -0.285 e. The Labute approximate surface area is 123 Å². The van der Waals surface area contributed by atoms with E-state index in [1.165, 1.54) is 0 Å². The largest absolute Gasteiger partial charge is 0.285 e. The second kappa shape index (κ2) is 5.55. The number of imidazole rings is 1. The molecule has 3 rings (SSSR count). The second-order valence-corrected chi connectivity index (χ2v) is 5.20. The van der Waals surface area contributed by atoms with Crippen LogP contribution in [0.25, 0.3) is 11.0 Å². The molecule has 1 amide bonds. The molecule has 3 N–H and O–H groups in total. The molecule has 0 spiro atoms. The Morgan fingerprint density at radius 2 is 2.33 bits per heavy atom. The summed E-state index contributed by atoms with van der Waals surface area (Å²) in [5.41, 5.74) is 8.30. The van der Waals surface area contributed by atoms with Gasteiger partial charge in [-0.25, -0.2) is 9.55 Å². The molecule has 0 unspecified atom stereocenters. The second-order valence-electron chi connectivity index (χ2n) is 5.20. The lowest BCUT2D eigenvalue weighted by atomic mass is 10.2. The summed E-state index contributed by atoms with van der Waals surface area (Å²) in [6.45, 7) is 5.87. The Balaban J connectivity index is 1.78. The molecule has 0 fully saturated rings. The number of aliphatic imine (C=N–C) groups is 1. The van der Waals surface area contributed by atoms with Gasteiger partial charge < -0.3 is 0 Å². The lowest BCUT2D eigenvalue weighted by molar-refractivity contribution is -0.673. The van der Waals surface area contributed by atoms with Gasteiger partial charge in [-0.1, -0.05) is 0 Å². The first-order valence-corrected chi connectivity index (χ1v) is 7.31. The number of benzene rings is 1. The predicted octanol–water partition coefficient (Wildman–Crippen LogP) is 1.21. The molecule has 21 heavy (non-hydrogen) atoms. The van der Waals surface area contributed by atoms with Gasteiger partial charge in [0.25, 0.3) is 11.7 Å². The zero-order chi connectivity index (χ0) is 14.8. The van der Waals surface area contributed by atoms with Crippen molar-refractivity contribution in [2.45, 2.75) is 33.2 Å². The first-order chi connectivity index (χ1) is 10.2. The number of hydrogen-bond acceptors (Lipinski definition) is 3. The summed E-state index contributed by atoms with van der Waals surface area (Å²) in [5.74, 6) is 1.79. The Morgan fingerprint density at radius 1 is 1.48 bits per heavy atom. The smallest absolute Gasteiger partial charge is 0.269 e. The summed E-state index contributed by atoms with van der Waals surface area (Å²) in [6.07, 6.45) is 1.94. The number of fused-ring (bicyclic) bond motifs is 1. The monoisotopic (exact) mass is 286 g/mol. The Hall–Kier alpha value is -2.37. The lowest BCUT2D eigenvalue weighted by Crippen LogP contribution is -2.41. The maximum atomic E-state index is 12.2. The van der Waals surface area contributed by atoms with Crippen LogP contribution in [0.2, 0.25) is 0 Å². The topological polar surface area (TPSA) is 73.2 Å². The van der Waals surface area contributed by atoms with Gasteiger partial charge in [-0.2, -0.15) is 0 Å². The van der Waals surface area contributed by atoms with Crippen LogP contribution in [0.4, 0.5) is 0 Å². The first kappa shape index (κ1) is 13.6. The van der Waals surface area contributed by atoms with Gasteiger partial charge in [0.05, 0.1) is 6.54 Å². The summed E-state index contributed by atoms with van der Waals surface area (Å²) in [7, 11) is 0. The van der Waals surface area contributed by atoms with E-state index in [1.807, 2.05) is 25.1 Å². The molecule has 6 heteroatoms. The average Bonchev–Trinajstić information content (AvgIpc) is 3.10. The lowest BCUT2D eigenvalue weighted by Gasteiger charge is -2.07. The van der Waals surface area contributed by atoms with Crippen LogP contribution >= 0.6 is 0 Å². The number of carbonyl (C=O) groups excluding carboxylic acids is 1. The zero-order valence-electron chi connectivity index (χ0n) is 12.4. The number of hydrogen-bond donors (Lipinski definition) is 3. The number of aromatic nitrogens is 2. The van der Waals surface area contributed by atoms with Gasteiger partial charge in [0, 0.05) is 31.5 Å². The number of aryl methyl sites for hydroxylation is 2. The van der Waals surface area contributed by atoms with Crippen LogP contribution in [0, 0.1) is 6.92 Å². The third-order valence-corrected chi connectivity index (χ3v) is 3.78. The molecule has 1 aliphatic heterocycles. The van der Waals surface area contributed by atoms with Crippen LogP contribution in [0.15, 0.2) is 23.2 Å². The van der Waals surface area contributed by atoms with Gasteiger partial charge in [0.15, 0.2) is 11.0 Å². The standard InChI is InChI=1S/C15H19N5O/c1-3-20-10(2)17-12-9-11(6-7-13(12)20)15(21)19-18-14-5-4-8-16-14/h6-7,9H,3-5,8H2,1-2H3,(H2,16,18,19,21)/p+1. The minimum absolute atomic E-state index is 0.151. The number of amides is 1. The molecule has 1 aliphatic rings. The summed E-state index contributed by atoms with van der Waals surface area (Å²) in [6, 6.07) is 5.70. The molecule has 2 aromatic rings. The SMILES string of the molecule is CC[n+]1c(C)[nH]c2cc(C(=O)NNC3=NCCC3)ccc21. The summed E-state index contributed by atoms with van der Waals surface area (Å²) in [4.78, 5) is 19.7. The highest BCUT2D eigenvalue weighted by molar-refractivity contribution is 5.98. The highest BCUT2D eigenvalue weighted by Gasteiger charge is 2.16. The van der Waals surface area contributed by atoms with E-state index < -0.39 is 0 Å². The van der Waals surface area contributed by atoms with Gasteiger partial charge in [-0.15, -0.1) is 0 Å². The third-order valence-electron chi connectivity index (χ3n) is 3.78. The molecule has 0 aliphatic carbocycles. The molecule has 1 aromatic heterocycles. The predicted molar refractivity (Wildman–Crippen MR) is 81.0 cm³/mol. The maximum absolute atomic E-state index is 12.2. The Bertz CT molecular complexity index is 716. The van der Waals surface area contributed by atoms with Crippen molar-refractivity contribution in [1.82, 2.24) is 15.8 Å². The van der Waals surface area contributed by atoms with Crippen molar-refractivity contribution in [3.05, 3.63) is 29.6 Å². The minimum atomic E-state index is -0.151. The Kier molecular flexibility index (Phi) is 3.60. The van der Waals surface area contributed by atoms with Crippen LogP contribution < -0.4 is 15.4 Å². The molecule has 2 heterocycles. The molecule has 0 atom stereocenters. The summed E-state index contributed by atoms with van der Waals surface area (Å²) < 4.78 is 2.18. The van der Waals surface area contributed by atoms with Crippen LogP contribution in [0.1, 0.15) is 35.9 Å². The van der Waals surface area contributed by atoms with E-state index in [9.17, 15) is 4.79 Å². The number of carbonyl (C=O) groups is 1. The quantitative estimate of drug-likeness (QED) is 0.573. The van der Waals surface area contributed by atoms with E-state index in [1.54, 1.807) is 0 Å². The van der Waals surface area contributed by atoms with Gasteiger partial charge >= 0.3 is 0 Å². The van der Waals surface area contributed by atoms with Gasteiger partial charge in [0.1, 0.15) is 5.84 Å².